The summed E-state index contributed by atoms with van der Waals surface area (Å²) in [5.41, 5.74) is 1.74. The minimum Gasteiger partial charge on any atom is -0.395 e. The van der Waals surface area contributed by atoms with Gasteiger partial charge in [0.2, 0.25) is 10.0 Å². The van der Waals surface area contributed by atoms with E-state index in [9.17, 15) is 13.5 Å². The largest absolute Gasteiger partial charge is 0.395 e. The Morgan fingerprint density at radius 2 is 1.82 bits per heavy atom. The standard InChI is InChI=1S/C16H18ClNO3S/c1-13-7-8-16(15(17)11-13)22(20,21)18(9-10-19)12-14-5-3-2-4-6-14/h2-8,11,19H,9-10,12H2,1H3. The maximum absolute atomic E-state index is 12.8. The molecule has 118 valence electrons. The Bertz CT molecular complexity index is 732. The van der Waals surface area contributed by atoms with Crippen molar-refractivity contribution < 1.29 is 13.5 Å². The molecule has 0 atom stereocenters. The summed E-state index contributed by atoms with van der Waals surface area (Å²) in [5, 5.41) is 9.39. The van der Waals surface area contributed by atoms with E-state index in [4.69, 9.17) is 11.6 Å². The van der Waals surface area contributed by atoms with Crippen molar-refractivity contribution in [3.63, 3.8) is 0 Å². The van der Waals surface area contributed by atoms with Crippen molar-refractivity contribution in [3.05, 3.63) is 64.7 Å². The number of hydrogen-bond acceptors (Lipinski definition) is 3. The number of sulfonamides is 1. The highest BCUT2D eigenvalue weighted by Gasteiger charge is 2.26. The number of nitrogens with zero attached hydrogens (tertiary/aromatic N) is 1. The molecule has 0 saturated heterocycles. The van der Waals surface area contributed by atoms with Gasteiger partial charge < -0.3 is 5.11 Å². The minimum absolute atomic E-state index is 0.0153. The lowest BCUT2D eigenvalue weighted by molar-refractivity contribution is 0.251. The normalized spacial score (nSPS) is 11.8. The molecule has 0 bridgehead atoms. The smallest absolute Gasteiger partial charge is 0.244 e. The fraction of sp³-hybridized carbons (Fsp3) is 0.250. The summed E-state index contributed by atoms with van der Waals surface area (Å²) in [6.07, 6.45) is 0. The van der Waals surface area contributed by atoms with Crippen LogP contribution in [0, 0.1) is 6.92 Å². The molecule has 0 radical (unpaired) electrons. The second-order valence-electron chi connectivity index (χ2n) is 4.98. The van der Waals surface area contributed by atoms with Crippen LogP contribution in [0.15, 0.2) is 53.4 Å². The molecular weight excluding hydrogens is 322 g/mol. The summed E-state index contributed by atoms with van der Waals surface area (Å²) in [4.78, 5) is 0.0594. The molecule has 0 fully saturated rings. The molecule has 2 aromatic rings. The van der Waals surface area contributed by atoms with Crippen LogP contribution in [-0.4, -0.2) is 31.0 Å². The molecule has 2 rings (SSSR count). The fourth-order valence-corrected chi connectivity index (χ4v) is 4.13. The van der Waals surface area contributed by atoms with Gasteiger partial charge in [0.25, 0.3) is 0 Å². The third-order valence-electron chi connectivity index (χ3n) is 3.26. The lowest BCUT2D eigenvalue weighted by Gasteiger charge is -2.22. The summed E-state index contributed by atoms with van der Waals surface area (Å²) in [5.74, 6) is 0. The van der Waals surface area contributed by atoms with Crippen LogP contribution >= 0.6 is 11.6 Å². The van der Waals surface area contributed by atoms with Gasteiger partial charge in [0.15, 0.2) is 0 Å². The van der Waals surface area contributed by atoms with Gasteiger partial charge in [-0.05, 0) is 30.2 Å². The first-order valence-corrected chi connectivity index (χ1v) is 8.68. The van der Waals surface area contributed by atoms with Crippen LogP contribution in [0.2, 0.25) is 5.02 Å². The molecule has 4 nitrogen and oxygen atoms in total. The average Bonchev–Trinajstić information content (AvgIpc) is 2.47. The van der Waals surface area contributed by atoms with E-state index < -0.39 is 10.0 Å². The minimum atomic E-state index is -3.77. The van der Waals surface area contributed by atoms with Crippen molar-refractivity contribution in [3.8, 4) is 0 Å². The molecule has 0 aliphatic rings. The number of aliphatic hydroxyl groups excluding tert-OH is 1. The molecule has 0 aliphatic heterocycles. The summed E-state index contributed by atoms with van der Waals surface area (Å²) in [6, 6.07) is 14.1. The Balaban J connectivity index is 2.37. The molecule has 0 saturated carbocycles. The number of rotatable bonds is 6. The first-order chi connectivity index (χ1) is 10.4. The van der Waals surface area contributed by atoms with Gasteiger partial charge in [0.05, 0.1) is 11.6 Å². The monoisotopic (exact) mass is 339 g/mol. The zero-order chi connectivity index (χ0) is 16.2. The van der Waals surface area contributed by atoms with Crippen LogP contribution in [-0.2, 0) is 16.6 Å². The van der Waals surface area contributed by atoms with Gasteiger partial charge in [-0.15, -0.1) is 0 Å². The zero-order valence-corrected chi connectivity index (χ0v) is 13.8. The summed E-state index contributed by atoms with van der Waals surface area (Å²) in [7, 11) is -3.77. The molecule has 2 aromatic carbocycles. The van der Waals surface area contributed by atoms with Gasteiger partial charge in [-0.25, -0.2) is 8.42 Å². The molecule has 22 heavy (non-hydrogen) atoms. The predicted molar refractivity (Wildman–Crippen MR) is 87.3 cm³/mol. The molecule has 0 unspecified atom stereocenters. The number of aliphatic hydroxyl groups is 1. The summed E-state index contributed by atoms with van der Waals surface area (Å²) < 4.78 is 26.8. The Hall–Kier alpha value is -1.40. The molecule has 6 heteroatoms. The second kappa shape index (κ2) is 7.24. The Kier molecular flexibility index (Phi) is 5.58. The third kappa shape index (κ3) is 3.87. The van der Waals surface area contributed by atoms with E-state index in [-0.39, 0.29) is 29.6 Å². The second-order valence-corrected chi connectivity index (χ2v) is 7.30. The van der Waals surface area contributed by atoms with Gasteiger partial charge >= 0.3 is 0 Å². The SMILES string of the molecule is Cc1ccc(S(=O)(=O)N(CCO)Cc2ccccc2)c(Cl)c1. The molecule has 0 heterocycles. The lowest BCUT2D eigenvalue weighted by atomic mass is 10.2. The maximum atomic E-state index is 12.8. The number of benzene rings is 2. The lowest BCUT2D eigenvalue weighted by Crippen LogP contribution is -2.33. The molecular formula is C16H18ClNO3S. The zero-order valence-electron chi connectivity index (χ0n) is 12.2. The highest BCUT2D eigenvalue weighted by molar-refractivity contribution is 7.89. The van der Waals surface area contributed by atoms with E-state index in [0.717, 1.165) is 11.1 Å². The number of halogens is 1. The van der Waals surface area contributed by atoms with E-state index in [1.165, 1.54) is 10.4 Å². The van der Waals surface area contributed by atoms with Gasteiger partial charge in [-0.2, -0.15) is 4.31 Å². The van der Waals surface area contributed by atoms with Crippen molar-refractivity contribution in [1.82, 2.24) is 4.31 Å². The maximum Gasteiger partial charge on any atom is 0.244 e. The highest BCUT2D eigenvalue weighted by atomic mass is 35.5. The molecule has 0 amide bonds. The Morgan fingerprint density at radius 3 is 2.41 bits per heavy atom. The molecule has 0 aromatic heterocycles. The van der Waals surface area contributed by atoms with Crippen LogP contribution in [0.1, 0.15) is 11.1 Å². The van der Waals surface area contributed by atoms with Crippen molar-refractivity contribution >= 4 is 21.6 Å². The van der Waals surface area contributed by atoms with E-state index in [1.807, 2.05) is 37.3 Å². The molecule has 0 aliphatic carbocycles. The van der Waals surface area contributed by atoms with Crippen LogP contribution < -0.4 is 0 Å². The highest BCUT2D eigenvalue weighted by Crippen LogP contribution is 2.26. The van der Waals surface area contributed by atoms with Crippen molar-refractivity contribution in [2.45, 2.75) is 18.4 Å². The summed E-state index contributed by atoms with van der Waals surface area (Å²) in [6.45, 7) is 1.79. The number of hydrogen-bond donors (Lipinski definition) is 1. The van der Waals surface area contributed by atoms with Crippen molar-refractivity contribution in [1.29, 1.82) is 0 Å². The third-order valence-corrected chi connectivity index (χ3v) is 5.58. The molecule has 1 N–H and O–H groups in total. The number of aryl methyl sites for hydroxylation is 1. The summed E-state index contributed by atoms with van der Waals surface area (Å²) >= 11 is 6.09. The van der Waals surface area contributed by atoms with Gasteiger partial charge in [-0.1, -0.05) is 48.0 Å². The van der Waals surface area contributed by atoms with Crippen LogP contribution in [0.4, 0.5) is 0 Å². The van der Waals surface area contributed by atoms with Gasteiger partial charge in [-0.3, -0.25) is 0 Å². The van der Waals surface area contributed by atoms with Crippen LogP contribution in [0.5, 0.6) is 0 Å². The Morgan fingerprint density at radius 1 is 1.14 bits per heavy atom. The van der Waals surface area contributed by atoms with Crippen LogP contribution in [0.25, 0.3) is 0 Å². The Labute approximate surface area is 136 Å². The van der Waals surface area contributed by atoms with Crippen molar-refractivity contribution in [2.24, 2.45) is 0 Å². The van der Waals surface area contributed by atoms with Gasteiger partial charge in [0, 0.05) is 13.1 Å². The first-order valence-electron chi connectivity index (χ1n) is 6.86. The van der Waals surface area contributed by atoms with E-state index in [2.05, 4.69) is 0 Å². The van der Waals surface area contributed by atoms with E-state index >= 15 is 0 Å². The van der Waals surface area contributed by atoms with Gasteiger partial charge in [0.1, 0.15) is 4.90 Å². The first kappa shape index (κ1) is 17.0. The van der Waals surface area contributed by atoms with E-state index in [0.29, 0.717) is 0 Å². The fourth-order valence-electron chi connectivity index (χ4n) is 2.14. The average molecular weight is 340 g/mol. The van der Waals surface area contributed by atoms with Crippen LogP contribution in [0.3, 0.4) is 0 Å². The van der Waals surface area contributed by atoms with Crippen molar-refractivity contribution in [2.75, 3.05) is 13.2 Å². The predicted octanol–water partition coefficient (Wildman–Crippen LogP) is 2.83. The van der Waals surface area contributed by atoms with E-state index in [1.54, 1.807) is 12.1 Å². The quantitative estimate of drug-likeness (QED) is 0.880. The topological polar surface area (TPSA) is 57.6 Å². The molecule has 0 spiro atoms.